The molecule has 200 valence electrons. The molecule has 0 amide bonds. The van der Waals surface area contributed by atoms with E-state index in [0.717, 1.165) is 12.5 Å². The van der Waals surface area contributed by atoms with Crippen molar-refractivity contribution in [3.05, 3.63) is 0 Å². The monoisotopic (exact) mass is 488 g/mol. The van der Waals surface area contributed by atoms with Gasteiger partial charge in [-0.2, -0.15) is 0 Å². The molecular formula is C28H62NO3Si+. The maximum atomic E-state index is 5.68. The van der Waals surface area contributed by atoms with E-state index < -0.39 is 8.80 Å². The Morgan fingerprint density at radius 3 is 1.12 bits per heavy atom. The van der Waals surface area contributed by atoms with Crippen molar-refractivity contribution in [2.24, 2.45) is 0 Å². The number of quaternary nitrogens is 1. The van der Waals surface area contributed by atoms with Crippen LogP contribution in [0.3, 0.4) is 0 Å². The zero-order valence-electron chi connectivity index (χ0n) is 23.7. The van der Waals surface area contributed by atoms with E-state index in [2.05, 4.69) is 20.8 Å². The van der Waals surface area contributed by atoms with E-state index in [1.807, 2.05) is 0 Å². The fraction of sp³-hybridized carbons (Fsp3) is 1.00. The van der Waals surface area contributed by atoms with Gasteiger partial charge in [0.15, 0.2) is 0 Å². The average molecular weight is 489 g/mol. The van der Waals surface area contributed by atoms with Gasteiger partial charge >= 0.3 is 8.80 Å². The smallest absolute Gasteiger partial charge is 0.377 e. The molecular weight excluding hydrogens is 426 g/mol. The Kier molecular flexibility index (Phi) is 22.6. The predicted molar refractivity (Wildman–Crippen MR) is 147 cm³/mol. The van der Waals surface area contributed by atoms with Crippen molar-refractivity contribution >= 4 is 8.80 Å². The lowest BCUT2D eigenvalue weighted by Gasteiger charge is -2.39. The first-order valence-electron chi connectivity index (χ1n) is 14.6. The van der Waals surface area contributed by atoms with Gasteiger partial charge in [0.1, 0.15) is 0 Å². The van der Waals surface area contributed by atoms with Gasteiger partial charge in [-0.05, 0) is 32.6 Å². The maximum absolute atomic E-state index is 5.68. The molecule has 0 radical (unpaired) electrons. The molecule has 33 heavy (non-hydrogen) atoms. The van der Waals surface area contributed by atoms with Crippen molar-refractivity contribution in [2.75, 3.05) is 47.5 Å². The van der Waals surface area contributed by atoms with Gasteiger partial charge in [-0.1, -0.05) is 90.9 Å². The third-order valence-corrected chi connectivity index (χ3v) is 10.5. The molecule has 0 aliphatic carbocycles. The topological polar surface area (TPSA) is 27.7 Å². The molecule has 0 N–H and O–H groups in total. The van der Waals surface area contributed by atoms with Gasteiger partial charge < -0.3 is 17.8 Å². The van der Waals surface area contributed by atoms with Crippen molar-refractivity contribution in [3.63, 3.8) is 0 Å². The second-order valence-corrected chi connectivity index (χ2v) is 13.3. The first-order valence-corrected chi connectivity index (χ1v) is 16.5. The van der Waals surface area contributed by atoms with E-state index in [9.17, 15) is 0 Å². The Morgan fingerprint density at radius 1 is 0.455 bits per heavy atom. The Bertz CT molecular complexity index is 376. The van der Waals surface area contributed by atoms with Gasteiger partial charge in [-0.15, -0.1) is 0 Å². The highest BCUT2D eigenvalue weighted by Gasteiger charge is 2.38. The fourth-order valence-corrected chi connectivity index (χ4v) is 6.86. The molecule has 0 aromatic heterocycles. The predicted octanol–water partition coefficient (Wildman–Crippen LogP) is 8.37. The van der Waals surface area contributed by atoms with E-state index >= 15 is 0 Å². The molecule has 0 saturated carbocycles. The number of nitrogens with zero attached hydrogens (tertiary/aromatic N) is 1. The van der Waals surface area contributed by atoms with E-state index in [4.69, 9.17) is 13.3 Å². The van der Waals surface area contributed by atoms with Crippen LogP contribution in [0.5, 0.6) is 0 Å². The minimum atomic E-state index is -2.46. The molecule has 0 heterocycles. The number of rotatable bonds is 26. The number of unbranched alkanes of at least 4 members (excludes halogenated alkanes) is 14. The lowest BCUT2D eigenvalue weighted by atomic mass is 10.1. The summed E-state index contributed by atoms with van der Waals surface area (Å²) in [5.41, 5.74) is 0. The SMILES string of the molecule is CCCCCCCCCC[N+](CC)(CCCCCCCCCC)CCC[Si](OC)(OC)OC. The molecule has 0 aliphatic rings. The van der Waals surface area contributed by atoms with Crippen LogP contribution >= 0.6 is 0 Å². The third kappa shape index (κ3) is 16.4. The Morgan fingerprint density at radius 2 is 0.788 bits per heavy atom. The van der Waals surface area contributed by atoms with Gasteiger partial charge in [0.2, 0.25) is 0 Å². The zero-order chi connectivity index (χ0) is 24.7. The van der Waals surface area contributed by atoms with E-state index in [0.29, 0.717) is 0 Å². The highest BCUT2D eigenvalue weighted by molar-refractivity contribution is 6.60. The zero-order valence-corrected chi connectivity index (χ0v) is 24.7. The van der Waals surface area contributed by atoms with Crippen molar-refractivity contribution in [1.29, 1.82) is 0 Å². The molecule has 0 spiro atoms. The number of hydrogen-bond acceptors (Lipinski definition) is 3. The molecule has 0 fully saturated rings. The van der Waals surface area contributed by atoms with Gasteiger partial charge in [0.05, 0.1) is 26.2 Å². The molecule has 5 heteroatoms. The summed E-state index contributed by atoms with van der Waals surface area (Å²) in [6.45, 7) is 12.2. The van der Waals surface area contributed by atoms with Crippen molar-refractivity contribution in [3.8, 4) is 0 Å². The molecule has 0 aliphatic heterocycles. The second-order valence-electron chi connectivity index (χ2n) is 10.2. The molecule has 0 aromatic carbocycles. The van der Waals surface area contributed by atoms with Crippen LogP contribution < -0.4 is 0 Å². The van der Waals surface area contributed by atoms with Gasteiger partial charge in [0, 0.05) is 33.8 Å². The van der Waals surface area contributed by atoms with Crippen LogP contribution in [0.15, 0.2) is 0 Å². The summed E-state index contributed by atoms with van der Waals surface area (Å²) in [5.74, 6) is 0. The summed E-state index contributed by atoms with van der Waals surface area (Å²) in [4.78, 5) is 0. The lowest BCUT2D eigenvalue weighted by molar-refractivity contribution is -0.927. The van der Waals surface area contributed by atoms with Crippen LogP contribution in [-0.2, 0) is 13.3 Å². The summed E-state index contributed by atoms with van der Waals surface area (Å²) in [7, 11) is 2.75. The first kappa shape index (κ1) is 33.1. The van der Waals surface area contributed by atoms with Crippen molar-refractivity contribution in [1.82, 2.24) is 0 Å². The maximum Gasteiger partial charge on any atom is 0.500 e. The second kappa shape index (κ2) is 22.5. The third-order valence-electron chi connectivity index (χ3n) is 7.69. The molecule has 4 nitrogen and oxygen atoms in total. The van der Waals surface area contributed by atoms with Crippen molar-refractivity contribution < 1.29 is 17.8 Å². The molecule has 0 saturated heterocycles. The van der Waals surface area contributed by atoms with Crippen LogP contribution in [-0.4, -0.2) is 60.8 Å². The first-order chi connectivity index (χ1) is 16.1. The summed E-state index contributed by atoms with van der Waals surface area (Å²) in [6, 6.07) is 0.922. The molecule has 0 unspecified atom stereocenters. The van der Waals surface area contributed by atoms with Gasteiger partial charge in [0.25, 0.3) is 0 Å². The number of hydrogen-bond donors (Lipinski definition) is 0. The Balaban J connectivity index is 4.56. The Labute approximate surface area is 210 Å². The Hall–Kier alpha value is 0.0569. The van der Waals surface area contributed by atoms with Crippen LogP contribution in [0.25, 0.3) is 0 Å². The minimum Gasteiger partial charge on any atom is -0.377 e. The largest absolute Gasteiger partial charge is 0.500 e. The fourth-order valence-electron chi connectivity index (χ4n) is 5.16. The van der Waals surface area contributed by atoms with Crippen LogP contribution in [0.2, 0.25) is 6.04 Å². The molecule has 0 rings (SSSR count). The van der Waals surface area contributed by atoms with Crippen LogP contribution in [0.4, 0.5) is 0 Å². The summed E-state index contributed by atoms with van der Waals surface area (Å²) >= 11 is 0. The standard InChI is InChI=1S/C28H62NO3Si/c1-7-10-12-14-16-18-20-22-25-29(9-3,26-23-21-19-17-15-13-11-8-2)27-24-28-33(30-4,31-5)32-6/h7-28H2,1-6H3/q+1. The average Bonchev–Trinajstić information content (AvgIpc) is 2.85. The van der Waals surface area contributed by atoms with Crippen molar-refractivity contribution in [2.45, 2.75) is 136 Å². The summed E-state index contributed by atoms with van der Waals surface area (Å²) in [5, 5.41) is 0. The van der Waals surface area contributed by atoms with Gasteiger partial charge in [-0.25, -0.2) is 0 Å². The minimum absolute atomic E-state index is 0.922. The molecule has 0 aromatic rings. The quantitative estimate of drug-likeness (QED) is 0.0695. The summed E-state index contributed by atoms with van der Waals surface area (Å²) < 4.78 is 18.3. The molecule has 0 atom stereocenters. The lowest BCUT2D eigenvalue weighted by Crippen LogP contribution is -2.51. The van der Waals surface area contributed by atoms with Gasteiger partial charge in [-0.3, -0.25) is 0 Å². The van der Waals surface area contributed by atoms with E-state index in [1.54, 1.807) is 21.3 Å². The van der Waals surface area contributed by atoms with Crippen LogP contribution in [0, 0.1) is 0 Å². The van der Waals surface area contributed by atoms with Crippen LogP contribution in [0.1, 0.15) is 130 Å². The highest BCUT2D eigenvalue weighted by atomic mass is 28.4. The van der Waals surface area contributed by atoms with E-state index in [-0.39, 0.29) is 0 Å². The highest BCUT2D eigenvalue weighted by Crippen LogP contribution is 2.21. The normalized spacial score (nSPS) is 12.5. The summed E-state index contributed by atoms with van der Waals surface area (Å²) in [6.07, 6.45) is 23.6. The molecule has 0 bridgehead atoms. The van der Waals surface area contributed by atoms with E-state index in [1.165, 1.54) is 133 Å².